The number of piperidine rings is 4. The number of nitrogens with one attached hydrogen (secondary N) is 8. The number of aromatic nitrogens is 7. The minimum absolute atomic E-state index is 0. The summed E-state index contributed by atoms with van der Waals surface area (Å²) in [5.41, 5.74) is 21.6. The molecule has 4 atom stereocenters. The van der Waals surface area contributed by atoms with Crippen LogP contribution in [0.5, 0.6) is 0 Å². The molecular formula is C111H131Br2ClFN19O12. The van der Waals surface area contributed by atoms with Crippen molar-refractivity contribution >= 4 is 171 Å². The number of aliphatic hydroxyl groups is 4. The summed E-state index contributed by atoms with van der Waals surface area (Å²) in [6.07, 6.45) is 25.5. The van der Waals surface area contributed by atoms with Crippen molar-refractivity contribution < 1.29 is 63.2 Å². The van der Waals surface area contributed by atoms with E-state index in [0.29, 0.717) is 162 Å². The van der Waals surface area contributed by atoms with E-state index in [4.69, 9.17) is 11.6 Å². The van der Waals surface area contributed by atoms with Crippen molar-refractivity contribution in [3.63, 3.8) is 0 Å². The van der Waals surface area contributed by atoms with Crippen LogP contribution in [0.4, 0.5) is 27.1 Å². The van der Waals surface area contributed by atoms with Crippen molar-refractivity contribution in [2.24, 2.45) is 0 Å². The van der Waals surface area contributed by atoms with Gasteiger partial charge in [-0.3, -0.25) is 38.4 Å². The molecule has 5 aromatic carbocycles. The minimum Gasteiger partial charge on any atom is -0.390 e. The van der Waals surface area contributed by atoms with Crippen molar-refractivity contribution in [2.45, 2.75) is 188 Å². The van der Waals surface area contributed by atoms with Crippen molar-refractivity contribution in [2.75, 3.05) is 152 Å². The molecule has 35 heteroatoms. The number of halogens is 4. The predicted octanol–water partition coefficient (Wildman–Crippen LogP) is 15.9. The first kappa shape index (κ1) is 104. The number of anilines is 4. The van der Waals surface area contributed by atoms with Gasteiger partial charge >= 0.3 is 0 Å². The molecule has 0 radical (unpaired) electrons. The first-order chi connectivity index (χ1) is 70.1. The van der Waals surface area contributed by atoms with Gasteiger partial charge in [0, 0.05) is 178 Å². The fraction of sp³-hybridized carbons (Fsp3) is 0.441. The number of aryl methyl sites for hydroxylation is 4. The smallest absolute Gasteiger partial charge is 0.256 e. The maximum absolute atomic E-state index is 15.0. The third-order valence-electron chi connectivity index (χ3n) is 30.2. The van der Waals surface area contributed by atoms with Crippen molar-refractivity contribution in [3.8, 4) is 5.69 Å². The number of aliphatic hydroxyl groups excluding tert-OH is 4. The summed E-state index contributed by atoms with van der Waals surface area (Å²) in [6, 6.07) is 26.7. The van der Waals surface area contributed by atoms with Gasteiger partial charge in [-0.15, -0.1) is 5.10 Å². The average Bonchev–Trinajstić information content (AvgIpc) is 1.59. The summed E-state index contributed by atoms with van der Waals surface area (Å²) < 4.78 is 18.3. The lowest BCUT2D eigenvalue weighted by Gasteiger charge is -2.31. The van der Waals surface area contributed by atoms with Gasteiger partial charge in [-0.2, -0.15) is 0 Å². The van der Waals surface area contributed by atoms with Crippen molar-refractivity contribution in [1.82, 2.24) is 74.1 Å². The summed E-state index contributed by atoms with van der Waals surface area (Å²) in [6.45, 7) is 21.9. The second-order valence-electron chi connectivity index (χ2n) is 40.5. The molecule has 22 rings (SSSR count). The van der Waals surface area contributed by atoms with Crippen LogP contribution in [0.25, 0.3) is 63.3 Å². The second kappa shape index (κ2) is 45.9. The van der Waals surface area contributed by atoms with Crippen molar-refractivity contribution in [3.05, 3.63) is 223 Å². The number of nitrogens with zero attached hydrogens (tertiary/aromatic N) is 11. The van der Waals surface area contributed by atoms with Crippen LogP contribution in [-0.2, 0) is 44.9 Å². The largest absolute Gasteiger partial charge is 0.390 e. The Morgan fingerprint density at radius 2 is 0.733 bits per heavy atom. The van der Waals surface area contributed by atoms with Crippen LogP contribution in [0.1, 0.15) is 242 Å². The lowest BCUT2D eigenvalue weighted by atomic mass is 10.0. The normalized spacial score (nSPS) is 20.1. The lowest BCUT2D eigenvalue weighted by molar-refractivity contribution is -0.111. The summed E-state index contributed by atoms with van der Waals surface area (Å²) in [7, 11) is 0. The first-order valence-corrected chi connectivity index (χ1v) is 53.4. The molecule has 0 bridgehead atoms. The molecule has 12 aliphatic rings. The molecule has 12 N–H and O–H groups in total. The molecule has 12 aliphatic heterocycles. The van der Waals surface area contributed by atoms with Crippen LogP contribution in [0.3, 0.4) is 0 Å². The highest BCUT2D eigenvalue weighted by atomic mass is 79.9. The van der Waals surface area contributed by atoms with Gasteiger partial charge in [0.2, 0.25) is 0 Å². The summed E-state index contributed by atoms with van der Waals surface area (Å²) in [5, 5.41) is 63.5. The SMILES string of the molecule is C.Cc1c(/C=C2\C(=O)Nc3c2cc(F)cc3-n2nnc3ccccc32)[nH]c2c1C(=O)N(C[C@@H](O)CN1CCCCC1)CCC2.Cc1c(/C=C2\C(=O)Nc3ccc(Br)cc32)[nH]c2c1C(=O)N(C[C@@H](O)CN1CCCCC1)CCC2.Cc1c(/C=C2\C(=O)Nc3ccc(Cl)cc32)[nH]c2c1C(=O)N(C[C@@H](O)CN1CCCCC1)CCC2.Cc1c(/C=C2\C(=O)Nc3cccc(Br)c32)[nH]c2c1C(=O)N(C[C@@H](O)CN1CCCCC1)CCC2. The quantitative estimate of drug-likeness (QED) is 0.0297. The number of likely N-dealkylation sites (tertiary alicyclic amines) is 4. The van der Waals surface area contributed by atoms with Gasteiger partial charge in [0.15, 0.2) is 0 Å². The Morgan fingerprint density at radius 3 is 1.14 bits per heavy atom. The van der Waals surface area contributed by atoms with Crippen LogP contribution < -0.4 is 21.3 Å². The van der Waals surface area contributed by atoms with Gasteiger partial charge in [0.05, 0.1) is 91.5 Å². The number of β-amino-alcohol motifs (C(OH)–C–C–N with tert-alkyl or cyclic N) is 4. The number of para-hydroxylation sites is 1. The highest BCUT2D eigenvalue weighted by molar-refractivity contribution is 9.10. The monoisotopic (exact) mass is 2130 g/mol. The Kier molecular flexibility index (Phi) is 32.7. The lowest BCUT2D eigenvalue weighted by Crippen LogP contribution is -2.44. The standard InChI is InChI=1S/C32H34FN7O3.2C26H31BrN4O3.C26H31ClN4O3.CH4/c1-19-26(34-25-9-7-13-39(32(43)29(19)25)18-21(41)17-38-11-5-2-6-12-38)16-23-22-14-20(33)15-28(30(22)35-31(23)42)40-27-10-4-3-8-24(27)36-37-40;1-16-22(13-18-24-19(27)7-5-8-21(24)29-25(18)33)28-20-9-6-12-31(26(34)23(16)20)15-17(32)14-30-10-3-2-4-11-30;2*1-16-23(13-20-19-12-17(27)7-8-21(19)29-25(20)33)28-22-6-5-11-31(26(34)24(16)22)15-18(32)14-30-9-3-2-4-10-30;/h3-4,8,10,14-16,21,34,41H,2,5-7,9,11-13,17-18H2,1H3,(H,35,42);5,7-8,13,17,28,32H,2-4,6,9-12,14-15H2,1H3,(H,29,33);2*7-8,12-13,18,28,32H,2-6,9-11,14-15H2,1H3,(H,29,33);1H4/b23-16-;18-13-;2*20-13-;/t21-;17-;2*18-;/m0000./s1. The Balaban J connectivity index is 0.000000128. The zero-order chi connectivity index (χ0) is 101. The molecule has 17 heterocycles. The second-order valence-corrected chi connectivity index (χ2v) is 42.7. The van der Waals surface area contributed by atoms with Gasteiger partial charge < -0.3 is 101 Å². The van der Waals surface area contributed by atoms with Gasteiger partial charge in [0.25, 0.3) is 47.3 Å². The highest BCUT2D eigenvalue weighted by Crippen LogP contribution is 2.45. The number of H-pyrrole nitrogens is 4. The molecule has 0 spiro atoms. The number of amides is 8. The Hall–Kier alpha value is -11.8. The third-order valence-corrected chi connectivity index (χ3v) is 31.6. The minimum atomic E-state index is -0.616. The highest BCUT2D eigenvalue weighted by Gasteiger charge is 2.40. The number of hydrogen-bond acceptors (Lipinski definition) is 18. The number of hydrogen-bond donors (Lipinski definition) is 12. The van der Waals surface area contributed by atoms with E-state index in [1.54, 1.807) is 43.9 Å². The van der Waals surface area contributed by atoms with E-state index in [1.807, 2.05) is 107 Å². The zero-order valence-corrected chi connectivity index (χ0v) is 86.5. The molecule has 5 aromatic heterocycles. The van der Waals surface area contributed by atoms with E-state index >= 15 is 4.39 Å². The molecular weight excluding hydrogens is 2010 g/mol. The zero-order valence-electron chi connectivity index (χ0n) is 82.5. The van der Waals surface area contributed by atoms with Gasteiger partial charge in [0.1, 0.15) is 11.3 Å². The summed E-state index contributed by atoms with van der Waals surface area (Å²) in [5.74, 6) is -1.62. The van der Waals surface area contributed by atoms with Crippen LogP contribution in [0, 0.1) is 33.5 Å². The maximum atomic E-state index is 15.0. The number of rotatable bonds is 21. The Morgan fingerprint density at radius 1 is 0.377 bits per heavy atom. The van der Waals surface area contributed by atoms with E-state index in [0.717, 1.165) is 215 Å². The molecule has 0 saturated carbocycles. The van der Waals surface area contributed by atoms with Crippen LogP contribution in [0.15, 0.2) is 99.9 Å². The summed E-state index contributed by atoms with van der Waals surface area (Å²) in [4.78, 5) is 135. The third kappa shape index (κ3) is 22.8. The summed E-state index contributed by atoms with van der Waals surface area (Å²) >= 11 is 13.2. The number of aromatic amines is 4. The van der Waals surface area contributed by atoms with Gasteiger partial charge in [-0.05, 0) is 296 Å². The molecule has 146 heavy (non-hydrogen) atoms. The van der Waals surface area contributed by atoms with E-state index in [1.165, 1.54) is 81.0 Å². The topological polar surface area (TPSA) is 385 Å². The number of carbonyl (C=O) groups excluding carboxylic acids is 8. The van der Waals surface area contributed by atoms with E-state index in [9.17, 15) is 58.8 Å². The molecule has 770 valence electrons. The van der Waals surface area contributed by atoms with E-state index in [-0.39, 0.29) is 61.2 Å². The molecule has 4 saturated heterocycles. The molecule has 4 fully saturated rings. The van der Waals surface area contributed by atoms with Gasteiger partial charge in [-0.1, -0.05) is 100.0 Å². The maximum Gasteiger partial charge on any atom is 0.256 e. The molecule has 10 aromatic rings. The van der Waals surface area contributed by atoms with Crippen molar-refractivity contribution in [1.29, 1.82) is 0 Å². The predicted molar refractivity (Wildman–Crippen MR) is 576 cm³/mol. The van der Waals surface area contributed by atoms with Crippen LogP contribution in [-0.4, -0.2) is 297 Å². The van der Waals surface area contributed by atoms with Gasteiger partial charge in [-0.25, -0.2) is 9.07 Å². The Bertz CT molecular complexity index is 6620. The van der Waals surface area contributed by atoms with Crippen LogP contribution >= 0.6 is 43.5 Å². The number of fused-ring (bicyclic) bond motifs is 9. The van der Waals surface area contributed by atoms with E-state index in [2.05, 4.69) is 103 Å². The Labute approximate surface area is 871 Å². The average molecular weight is 2140 g/mol. The van der Waals surface area contributed by atoms with Crippen LogP contribution in [0.2, 0.25) is 5.02 Å². The number of benzene rings is 5. The fourth-order valence-electron chi connectivity index (χ4n) is 22.9. The molecule has 0 unspecified atom stereocenters. The molecule has 0 aliphatic carbocycles. The number of carbonyl (C=O) groups is 8. The van der Waals surface area contributed by atoms with E-state index < -0.39 is 30.2 Å². The fourth-order valence-corrected chi connectivity index (χ4v) is 24.0. The first-order valence-electron chi connectivity index (χ1n) is 51.4. The molecule has 31 nitrogen and oxygen atoms in total. The molecule has 8 amide bonds.